The number of rotatable bonds is 5. The Morgan fingerprint density at radius 1 is 1.14 bits per heavy atom. The normalized spacial score (nSPS) is 19.4. The van der Waals surface area contributed by atoms with E-state index in [1.165, 1.54) is 12.4 Å². The van der Waals surface area contributed by atoms with Crippen LogP contribution >= 0.6 is 0 Å². The highest BCUT2D eigenvalue weighted by Gasteiger charge is 2.34. The van der Waals surface area contributed by atoms with E-state index in [1.807, 2.05) is 11.8 Å². The third kappa shape index (κ3) is 5.26. The van der Waals surface area contributed by atoms with E-state index in [0.717, 1.165) is 24.3 Å². The van der Waals surface area contributed by atoms with E-state index in [1.54, 1.807) is 6.07 Å². The lowest BCUT2D eigenvalue weighted by molar-refractivity contribution is 0.102. The molecule has 3 aromatic rings. The van der Waals surface area contributed by atoms with Crippen LogP contribution in [0.1, 0.15) is 17.4 Å². The maximum atomic E-state index is 14.6. The number of hydrogen-bond acceptors (Lipinski definition) is 7. The summed E-state index contributed by atoms with van der Waals surface area (Å²) in [5, 5.41) is 14.1. The van der Waals surface area contributed by atoms with Crippen LogP contribution in [0.3, 0.4) is 0 Å². The Hall–Kier alpha value is -4.39. The van der Waals surface area contributed by atoms with Gasteiger partial charge in [0, 0.05) is 31.4 Å². The molecule has 0 unspecified atom stereocenters. The molecule has 1 aliphatic heterocycles. The minimum absolute atomic E-state index is 0.163. The number of nitrogens with two attached hydrogens (primary N) is 2. The molecule has 0 aliphatic carbocycles. The van der Waals surface area contributed by atoms with Crippen LogP contribution in [0, 0.1) is 23.4 Å². The van der Waals surface area contributed by atoms with Gasteiger partial charge in [-0.15, -0.1) is 0 Å². The summed E-state index contributed by atoms with van der Waals surface area (Å²) in [4.78, 5) is 34.0. The molecule has 3 heterocycles. The second-order valence-corrected chi connectivity index (χ2v) is 8.72. The summed E-state index contributed by atoms with van der Waals surface area (Å²) in [5.41, 5.74) is 10.6. The van der Waals surface area contributed by atoms with E-state index in [0.29, 0.717) is 12.2 Å². The molecule has 1 saturated heterocycles. The van der Waals surface area contributed by atoms with Crippen molar-refractivity contribution in [2.45, 2.75) is 19.0 Å². The third-order valence-electron chi connectivity index (χ3n) is 6.11. The Morgan fingerprint density at radius 3 is 2.49 bits per heavy atom. The molecule has 4 rings (SSSR count). The zero-order valence-corrected chi connectivity index (χ0v) is 19.6. The summed E-state index contributed by atoms with van der Waals surface area (Å²) in [5.74, 6) is -4.22. The van der Waals surface area contributed by atoms with Crippen molar-refractivity contribution in [3.63, 3.8) is 0 Å². The fourth-order valence-corrected chi connectivity index (χ4v) is 4.44. The van der Waals surface area contributed by atoms with Crippen molar-refractivity contribution in [2.24, 2.45) is 11.7 Å². The summed E-state index contributed by atoms with van der Waals surface area (Å²) >= 11 is 0. The average molecular weight is 515 g/mol. The largest absolute Gasteiger partial charge is 0.465 e. The van der Waals surface area contributed by atoms with Gasteiger partial charge in [0.25, 0.3) is 5.91 Å². The van der Waals surface area contributed by atoms with Crippen molar-refractivity contribution >= 4 is 29.1 Å². The van der Waals surface area contributed by atoms with Crippen LogP contribution in [0.5, 0.6) is 0 Å². The highest BCUT2D eigenvalue weighted by Crippen LogP contribution is 2.32. The van der Waals surface area contributed by atoms with Crippen LogP contribution in [0.2, 0.25) is 0 Å². The Bertz CT molecular complexity index is 1320. The second kappa shape index (κ2) is 10.3. The van der Waals surface area contributed by atoms with Crippen LogP contribution in [0.4, 0.5) is 35.0 Å². The molecule has 0 bridgehead atoms. The molecule has 10 nitrogen and oxygen atoms in total. The minimum Gasteiger partial charge on any atom is -0.465 e. The SMILES string of the molecule is C[C@H]1CN(c2ccncc2NC(=O)c2nc(-c3c(F)cccc3F)c(F)cc2N)C[C@@H](N)[C@H]1NC(=O)O. The zero-order chi connectivity index (χ0) is 26.9. The molecule has 0 spiro atoms. The first-order valence-electron chi connectivity index (χ1n) is 11.2. The van der Waals surface area contributed by atoms with Gasteiger partial charge in [-0.05, 0) is 24.1 Å². The van der Waals surface area contributed by atoms with E-state index in [-0.39, 0.29) is 23.8 Å². The van der Waals surface area contributed by atoms with E-state index in [4.69, 9.17) is 16.6 Å². The number of aromatic nitrogens is 2. The molecule has 1 aliphatic rings. The van der Waals surface area contributed by atoms with Crippen molar-refractivity contribution < 1.29 is 27.9 Å². The van der Waals surface area contributed by atoms with Gasteiger partial charge in [-0.3, -0.25) is 9.78 Å². The lowest BCUT2D eigenvalue weighted by atomic mass is 9.90. The van der Waals surface area contributed by atoms with Crippen LogP contribution in [0.15, 0.2) is 42.7 Å². The van der Waals surface area contributed by atoms with Crippen molar-refractivity contribution in [1.29, 1.82) is 0 Å². The number of amides is 2. The molecule has 0 radical (unpaired) electrons. The molecule has 3 atom stereocenters. The standard InChI is InChI=1S/C24H24F3N7O3/c1-11-9-34(10-16(29)20(11)33-24(36)37)18-5-6-30-8-17(18)31-23(35)22-15(28)7-14(27)21(32-22)19-12(25)3-2-4-13(19)26/h2-8,11,16,20,33H,9-10,28-29H2,1H3,(H,31,35)(H,36,37)/t11-,16+,20-/m0/s1. The number of nitrogen functional groups attached to an aromatic ring is 1. The van der Waals surface area contributed by atoms with Crippen molar-refractivity contribution in [3.8, 4) is 11.3 Å². The number of carboxylic acid groups (broad SMARTS) is 1. The van der Waals surface area contributed by atoms with Gasteiger partial charge in [0.2, 0.25) is 0 Å². The van der Waals surface area contributed by atoms with Gasteiger partial charge in [0.1, 0.15) is 17.3 Å². The molecule has 2 amide bonds. The topological polar surface area (TPSA) is 159 Å². The first-order valence-corrected chi connectivity index (χ1v) is 11.2. The second-order valence-electron chi connectivity index (χ2n) is 8.72. The Balaban J connectivity index is 1.63. The van der Waals surface area contributed by atoms with E-state index in [9.17, 15) is 22.8 Å². The summed E-state index contributed by atoms with van der Waals surface area (Å²) < 4.78 is 43.1. The molecular formula is C24H24F3N7O3. The van der Waals surface area contributed by atoms with Gasteiger partial charge in [0.05, 0.1) is 34.9 Å². The van der Waals surface area contributed by atoms with Crippen molar-refractivity contribution in [1.82, 2.24) is 15.3 Å². The van der Waals surface area contributed by atoms with Crippen molar-refractivity contribution in [3.05, 3.63) is 65.9 Å². The predicted molar refractivity (Wildman–Crippen MR) is 130 cm³/mol. The number of piperidine rings is 1. The summed E-state index contributed by atoms with van der Waals surface area (Å²) in [7, 11) is 0. The van der Waals surface area contributed by atoms with Gasteiger partial charge in [-0.1, -0.05) is 13.0 Å². The first-order chi connectivity index (χ1) is 17.6. The molecule has 0 saturated carbocycles. The van der Waals surface area contributed by atoms with Gasteiger partial charge in [-0.25, -0.2) is 22.9 Å². The fraction of sp³-hybridized carbons (Fsp3) is 0.250. The molecular weight excluding hydrogens is 491 g/mol. The first kappa shape index (κ1) is 25.7. The van der Waals surface area contributed by atoms with Crippen LogP contribution in [-0.4, -0.2) is 52.2 Å². The number of pyridine rings is 2. The van der Waals surface area contributed by atoms with Crippen LogP contribution < -0.4 is 27.0 Å². The van der Waals surface area contributed by atoms with Crippen LogP contribution in [-0.2, 0) is 0 Å². The number of nitrogens with one attached hydrogen (secondary N) is 2. The molecule has 13 heteroatoms. The van der Waals surface area contributed by atoms with Gasteiger partial charge in [-0.2, -0.15) is 0 Å². The minimum atomic E-state index is -1.17. The summed E-state index contributed by atoms with van der Waals surface area (Å²) in [6.45, 7) is 2.54. The smallest absolute Gasteiger partial charge is 0.404 e. The highest BCUT2D eigenvalue weighted by atomic mass is 19.1. The van der Waals surface area contributed by atoms with Gasteiger partial charge in [0.15, 0.2) is 11.5 Å². The maximum Gasteiger partial charge on any atom is 0.404 e. The Kier molecular flexibility index (Phi) is 7.16. The lowest BCUT2D eigenvalue weighted by Gasteiger charge is -2.42. The third-order valence-corrected chi connectivity index (χ3v) is 6.11. The van der Waals surface area contributed by atoms with Crippen molar-refractivity contribution in [2.75, 3.05) is 29.0 Å². The van der Waals surface area contributed by atoms with Gasteiger partial charge >= 0.3 is 6.09 Å². The van der Waals surface area contributed by atoms with E-state index >= 15 is 0 Å². The number of halogens is 3. The molecule has 7 N–H and O–H groups in total. The Morgan fingerprint density at radius 2 is 1.84 bits per heavy atom. The monoisotopic (exact) mass is 515 g/mol. The summed E-state index contributed by atoms with van der Waals surface area (Å²) in [6.07, 6.45) is 1.71. The van der Waals surface area contributed by atoms with E-state index < -0.39 is 58.5 Å². The number of carbonyl (C=O) groups excluding carboxylic acids is 1. The summed E-state index contributed by atoms with van der Waals surface area (Å²) in [6, 6.07) is 4.42. The average Bonchev–Trinajstić information content (AvgIpc) is 2.82. The number of hydrogen-bond donors (Lipinski definition) is 5. The highest BCUT2D eigenvalue weighted by molar-refractivity contribution is 6.08. The molecule has 1 fully saturated rings. The lowest BCUT2D eigenvalue weighted by Crippen LogP contribution is -2.61. The quantitative estimate of drug-likeness (QED) is 0.347. The number of nitrogens with zero attached hydrogens (tertiary/aromatic N) is 3. The molecule has 2 aromatic heterocycles. The number of anilines is 3. The maximum absolute atomic E-state index is 14.6. The Labute approximate surface area is 209 Å². The molecule has 37 heavy (non-hydrogen) atoms. The number of benzene rings is 1. The predicted octanol–water partition coefficient (Wildman–Crippen LogP) is 2.81. The number of carbonyl (C=O) groups is 2. The zero-order valence-electron chi connectivity index (χ0n) is 19.6. The van der Waals surface area contributed by atoms with Crippen LogP contribution in [0.25, 0.3) is 11.3 Å². The van der Waals surface area contributed by atoms with Gasteiger partial charge < -0.3 is 32.1 Å². The van der Waals surface area contributed by atoms with E-state index in [2.05, 4.69) is 20.6 Å². The molecule has 194 valence electrons. The fourth-order valence-electron chi connectivity index (χ4n) is 4.44. The molecule has 1 aromatic carbocycles.